The first-order chi connectivity index (χ1) is 29.2. The molecule has 0 aliphatic carbocycles. The number of unbranched alkanes of at least 4 members (excludes halogenated alkanes) is 27. The minimum Gasteiger partial charge on any atom is -0.462 e. The zero-order chi connectivity index (χ0) is 44.2. The molecule has 0 aliphatic rings. The van der Waals surface area contributed by atoms with E-state index in [9.17, 15) is 28.9 Å². The highest BCUT2D eigenvalue weighted by Crippen LogP contribution is 2.43. The number of hydrogen-bond donors (Lipinski definition) is 2. The maximum atomic E-state index is 12.8. The van der Waals surface area contributed by atoms with Crippen LogP contribution in [0, 0.1) is 0 Å². The quantitative estimate of drug-likeness (QED) is 0.0197. The van der Waals surface area contributed by atoms with Gasteiger partial charge < -0.3 is 24.2 Å². The maximum absolute atomic E-state index is 12.8. The molecule has 11 nitrogen and oxygen atoms in total. The summed E-state index contributed by atoms with van der Waals surface area (Å²) in [5, 5.41) is 9.73. The van der Waals surface area contributed by atoms with E-state index in [4.69, 9.17) is 23.3 Å². The molecule has 0 saturated heterocycles. The first kappa shape index (κ1) is 58.2. The molecule has 0 saturated carbocycles. The van der Waals surface area contributed by atoms with Gasteiger partial charge in [-0.3, -0.25) is 23.4 Å². The van der Waals surface area contributed by atoms with E-state index in [0.29, 0.717) is 19.3 Å². The van der Waals surface area contributed by atoms with E-state index in [1.54, 1.807) is 0 Å². The van der Waals surface area contributed by atoms with Crippen molar-refractivity contribution in [1.82, 2.24) is 0 Å². The molecule has 354 valence electrons. The average Bonchev–Trinajstić information content (AvgIpc) is 3.23. The van der Waals surface area contributed by atoms with Crippen LogP contribution in [0.1, 0.15) is 239 Å². The smallest absolute Gasteiger partial charge is 0.462 e. The highest BCUT2D eigenvalue weighted by Gasteiger charge is 2.28. The fourth-order valence-corrected chi connectivity index (χ4v) is 7.65. The highest BCUT2D eigenvalue weighted by atomic mass is 31.2. The van der Waals surface area contributed by atoms with Crippen molar-refractivity contribution in [2.24, 2.45) is 0 Å². The Bertz CT molecular complexity index is 1070. The van der Waals surface area contributed by atoms with E-state index in [0.717, 1.165) is 77.0 Å². The van der Waals surface area contributed by atoms with Gasteiger partial charge in [-0.15, -0.1) is 0 Å². The van der Waals surface area contributed by atoms with Crippen molar-refractivity contribution in [2.75, 3.05) is 26.4 Å². The minimum absolute atomic E-state index is 0.173. The normalized spacial score (nSPS) is 13.6. The average molecular weight is 875 g/mol. The number of ether oxygens (including phenoxy) is 3. The number of aliphatic hydroxyl groups is 1. The Balaban J connectivity index is 4.72. The minimum atomic E-state index is -4.72. The number of rotatable bonds is 46. The summed E-state index contributed by atoms with van der Waals surface area (Å²) in [7, 11) is -4.72. The van der Waals surface area contributed by atoms with Crippen LogP contribution in [-0.4, -0.2) is 66.5 Å². The van der Waals surface area contributed by atoms with Crippen LogP contribution in [-0.2, 0) is 42.2 Å². The second-order valence-electron chi connectivity index (χ2n) is 16.6. The lowest BCUT2D eigenvalue weighted by molar-refractivity contribution is -0.161. The third-order valence-electron chi connectivity index (χ3n) is 10.7. The van der Waals surface area contributed by atoms with Gasteiger partial charge in [-0.05, 0) is 38.5 Å². The standard InChI is InChI=1S/C48H91O11P/c1-4-7-10-13-16-19-22-25-28-31-34-37-46(50)55-41-45(59-48(52)39-36-33-30-27-24-21-18-15-12-9-6-3)43-57-60(53,54)56-42-44(40-49)58-47(51)38-35-32-29-26-23-20-17-14-11-8-5-2/h13,16,44-45,49H,4-12,14-15,17-43H2,1-3H3,(H,53,54)/b16-13-. The van der Waals surface area contributed by atoms with Crippen LogP contribution in [0.4, 0.5) is 0 Å². The molecule has 0 aromatic heterocycles. The second-order valence-corrected chi connectivity index (χ2v) is 18.1. The number of carbonyl (C=O) groups is 3. The summed E-state index contributed by atoms with van der Waals surface area (Å²) < 4.78 is 39.2. The van der Waals surface area contributed by atoms with Crippen LogP contribution in [0.2, 0.25) is 0 Å². The van der Waals surface area contributed by atoms with Crippen molar-refractivity contribution in [3.63, 3.8) is 0 Å². The van der Waals surface area contributed by atoms with Crippen molar-refractivity contribution < 1.29 is 52.2 Å². The summed E-state index contributed by atoms with van der Waals surface area (Å²) in [6.07, 6.45) is 37.6. The Morgan fingerprint density at radius 2 is 0.783 bits per heavy atom. The zero-order valence-corrected chi connectivity index (χ0v) is 39.6. The number of phosphoric acid groups is 1. The molecule has 3 atom stereocenters. The number of hydrogen-bond acceptors (Lipinski definition) is 10. The molecule has 0 aromatic rings. The Hall–Kier alpha value is -1.78. The molecule has 0 aromatic carbocycles. The molecule has 0 bridgehead atoms. The lowest BCUT2D eigenvalue weighted by Gasteiger charge is -2.21. The van der Waals surface area contributed by atoms with Gasteiger partial charge in [0.1, 0.15) is 12.7 Å². The van der Waals surface area contributed by atoms with Crippen molar-refractivity contribution in [1.29, 1.82) is 0 Å². The van der Waals surface area contributed by atoms with Gasteiger partial charge >= 0.3 is 25.7 Å². The summed E-state index contributed by atoms with van der Waals surface area (Å²) >= 11 is 0. The van der Waals surface area contributed by atoms with Crippen LogP contribution in [0.5, 0.6) is 0 Å². The molecule has 0 fully saturated rings. The van der Waals surface area contributed by atoms with E-state index >= 15 is 0 Å². The molecule has 60 heavy (non-hydrogen) atoms. The Kier molecular flexibility index (Phi) is 42.6. The third-order valence-corrected chi connectivity index (χ3v) is 11.6. The van der Waals surface area contributed by atoms with Crippen LogP contribution >= 0.6 is 7.82 Å². The fourth-order valence-electron chi connectivity index (χ4n) is 6.87. The van der Waals surface area contributed by atoms with Crippen molar-refractivity contribution in [3.8, 4) is 0 Å². The molecule has 2 N–H and O–H groups in total. The van der Waals surface area contributed by atoms with Gasteiger partial charge in [0.05, 0.1) is 19.8 Å². The molecule has 0 radical (unpaired) electrons. The van der Waals surface area contributed by atoms with Crippen LogP contribution in [0.15, 0.2) is 12.2 Å². The first-order valence-electron chi connectivity index (χ1n) is 24.6. The summed E-state index contributed by atoms with van der Waals surface area (Å²) in [6, 6.07) is 0. The fraction of sp³-hybridized carbons (Fsp3) is 0.896. The van der Waals surface area contributed by atoms with Crippen LogP contribution < -0.4 is 0 Å². The van der Waals surface area contributed by atoms with Gasteiger partial charge in [0, 0.05) is 19.3 Å². The predicted octanol–water partition coefficient (Wildman–Crippen LogP) is 13.4. The number of allylic oxidation sites excluding steroid dienone is 2. The van der Waals surface area contributed by atoms with Gasteiger partial charge in [0.25, 0.3) is 0 Å². The van der Waals surface area contributed by atoms with Gasteiger partial charge in [0.15, 0.2) is 6.10 Å². The molecule has 0 aliphatic heterocycles. The molecule has 0 amide bonds. The summed E-state index contributed by atoms with van der Waals surface area (Å²) in [5.74, 6) is -1.46. The van der Waals surface area contributed by atoms with E-state index in [1.807, 2.05) is 0 Å². The maximum Gasteiger partial charge on any atom is 0.472 e. The molecule has 0 spiro atoms. The predicted molar refractivity (Wildman–Crippen MR) is 243 cm³/mol. The lowest BCUT2D eigenvalue weighted by atomic mass is 10.1. The monoisotopic (exact) mass is 875 g/mol. The molecule has 0 rings (SSSR count). The highest BCUT2D eigenvalue weighted by molar-refractivity contribution is 7.47. The van der Waals surface area contributed by atoms with E-state index in [-0.39, 0.29) is 25.9 Å². The van der Waals surface area contributed by atoms with Gasteiger partial charge in [-0.25, -0.2) is 4.57 Å². The van der Waals surface area contributed by atoms with Gasteiger partial charge in [0.2, 0.25) is 0 Å². The summed E-state index contributed by atoms with van der Waals surface area (Å²) in [6.45, 7) is 4.58. The van der Waals surface area contributed by atoms with E-state index < -0.39 is 57.8 Å². The Morgan fingerprint density at radius 1 is 0.450 bits per heavy atom. The van der Waals surface area contributed by atoms with E-state index in [1.165, 1.54) is 103 Å². The molecular weight excluding hydrogens is 783 g/mol. The SMILES string of the molecule is CCCC/C=C\CCCCCCCC(=O)OCC(COP(=O)(O)OCC(CO)OC(=O)CCCCCCCCCCCCC)OC(=O)CCCCCCCCCCCCC. The van der Waals surface area contributed by atoms with Gasteiger partial charge in [-0.1, -0.05) is 193 Å². The number of phosphoric ester groups is 1. The van der Waals surface area contributed by atoms with Crippen LogP contribution in [0.25, 0.3) is 0 Å². The zero-order valence-electron chi connectivity index (χ0n) is 38.7. The van der Waals surface area contributed by atoms with Crippen molar-refractivity contribution >= 4 is 25.7 Å². The summed E-state index contributed by atoms with van der Waals surface area (Å²) in [5.41, 5.74) is 0. The largest absolute Gasteiger partial charge is 0.472 e. The topological polar surface area (TPSA) is 155 Å². The second kappa shape index (κ2) is 43.9. The number of aliphatic hydroxyl groups excluding tert-OH is 1. The third kappa shape index (κ3) is 41.6. The van der Waals surface area contributed by atoms with E-state index in [2.05, 4.69) is 32.9 Å². The van der Waals surface area contributed by atoms with Crippen molar-refractivity contribution in [3.05, 3.63) is 12.2 Å². The molecule has 3 unspecified atom stereocenters. The lowest BCUT2D eigenvalue weighted by Crippen LogP contribution is -2.30. The Morgan fingerprint density at radius 3 is 1.20 bits per heavy atom. The molecular formula is C48H91O11P. The number of esters is 3. The first-order valence-corrected chi connectivity index (χ1v) is 26.1. The molecule has 12 heteroatoms. The summed E-state index contributed by atoms with van der Waals surface area (Å²) in [4.78, 5) is 48.1. The number of carbonyl (C=O) groups excluding carboxylic acids is 3. The van der Waals surface area contributed by atoms with Gasteiger partial charge in [-0.2, -0.15) is 0 Å². The Labute approximate surface area is 366 Å². The van der Waals surface area contributed by atoms with Crippen molar-refractivity contribution in [2.45, 2.75) is 251 Å². The molecule has 0 heterocycles. The van der Waals surface area contributed by atoms with Crippen LogP contribution in [0.3, 0.4) is 0 Å².